The molecule has 0 fully saturated rings. The summed E-state index contributed by atoms with van der Waals surface area (Å²) < 4.78 is 12.2. The molecule has 2 rings (SSSR count). The maximum atomic E-state index is 5.93. The predicted molar refractivity (Wildman–Crippen MR) is 88.8 cm³/mol. The fraction of sp³-hybridized carbons (Fsp3) is 0.294. The molecule has 0 unspecified atom stereocenters. The van der Waals surface area contributed by atoms with E-state index in [2.05, 4.69) is 48.0 Å². The SMILES string of the molecule is COc1cc(CN)cc(Br)c1OCc1ccc(C)c(C)c1. The van der Waals surface area contributed by atoms with Crippen LogP contribution in [0.3, 0.4) is 0 Å². The highest BCUT2D eigenvalue weighted by Crippen LogP contribution is 2.37. The topological polar surface area (TPSA) is 44.5 Å². The molecule has 2 aromatic carbocycles. The average molecular weight is 350 g/mol. The van der Waals surface area contributed by atoms with E-state index >= 15 is 0 Å². The number of hydrogen-bond acceptors (Lipinski definition) is 3. The molecule has 0 atom stereocenters. The number of benzene rings is 2. The number of halogens is 1. The second kappa shape index (κ2) is 6.96. The number of ether oxygens (including phenoxy) is 2. The fourth-order valence-corrected chi connectivity index (χ4v) is 2.68. The lowest BCUT2D eigenvalue weighted by Crippen LogP contribution is -2.02. The molecule has 0 spiro atoms. The van der Waals surface area contributed by atoms with Gasteiger partial charge in [-0.1, -0.05) is 18.2 Å². The molecule has 0 saturated carbocycles. The summed E-state index contributed by atoms with van der Waals surface area (Å²) in [5.41, 5.74) is 10.3. The standard InChI is InChI=1S/C17H20BrNO2/c1-11-4-5-13(6-12(11)2)10-21-17-15(18)7-14(9-19)8-16(17)20-3/h4-8H,9-10,19H2,1-3H3. The first-order chi connectivity index (χ1) is 10.0. The van der Waals surface area contributed by atoms with Crippen LogP contribution in [0.15, 0.2) is 34.8 Å². The molecule has 0 aliphatic rings. The molecule has 21 heavy (non-hydrogen) atoms. The van der Waals surface area contributed by atoms with E-state index in [1.54, 1.807) is 7.11 Å². The van der Waals surface area contributed by atoms with Crippen molar-refractivity contribution in [3.05, 3.63) is 57.1 Å². The summed E-state index contributed by atoms with van der Waals surface area (Å²) in [5, 5.41) is 0. The quantitative estimate of drug-likeness (QED) is 0.883. The molecular weight excluding hydrogens is 330 g/mol. The Morgan fingerprint density at radius 3 is 2.43 bits per heavy atom. The number of nitrogens with two attached hydrogens (primary N) is 1. The van der Waals surface area contributed by atoms with E-state index in [1.807, 2.05) is 12.1 Å². The van der Waals surface area contributed by atoms with Crippen LogP contribution < -0.4 is 15.2 Å². The molecule has 0 aliphatic carbocycles. The first-order valence-electron chi connectivity index (χ1n) is 6.80. The number of methoxy groups -OCH3 is 1. The highest BCUT2D eigenvalue weighted by Gasteiger charge is 2.11. The summed E-state index contributed by atoms with van der Waals surface area (Å²) in [6, 6.07) is 10.2. The van der Waals surface area contributed by atoms with Crippen molar-refractivity contribution in [1.29, 1.82) is 0 Å². The summed E-state index contributed by atoms with van der Waals surface area (Å²) in [6.07, 6.45) is 0. The number of rotatable bonds is 5. The summed E-state index contributed by atoms with van der Waals surface area (Å²) >= 11 is 3.52. The second-order valence-electron chi connectivity index (χ2n) is 5.02. The van der Waals surface area contributed by atoms with Crippen LogP contribution in [0.25, 0.3) is 0 Å². The molecule has 3 nitrogen and oxygen atoms in total. The van der Waals surface area contributed by atoms with Gasteiger partial charge < -0.3 is 15.2 Å². The summed E-state index contributed by atoms with van der Waals surface area (Å²) in [5.74, 6) is 1.39. The van der Waals surface area contributed by atoms with Crippen molar-refractivity contribution in [3.63, 3.8) is 0 Å². The summed E-state index contributed by atoms with van der Waals surface area (Å²) in [4.78, 5) is 0. The van der Waals surface area contributed by atoms with Gasteiger partial charge in [0.1, 0.15) is 6.61 Å². The summed E-state index contributed by atoms with van der Waals surface area (Å²) in [6.45, 7) is 5.17. The van der Waals surface area contributed by atoms with Gasteiger partial charge in [-0.25, -0.2) is 0 Å². The molecule has 2 aromatic rings. The zero-order valence-corrected chi connectivity index (χ0v) is 14.2. The number of hydrogen-bond donors (Lipinski definition) is 1. The van der Waals surface area contributed by atoms with E-state index in [9.17, 15) is 0 Å². The molecule has 2 N–H and O–H groups in total. The smallest absolute Gasteiger partial charge is 0.175 e. The van der Waals surface area contributed by atoms with Gasteiger partial charge in [0.2, 0.25) is 0 Å². The van der Waals surface area contributed by atoms with Gasteiger partial charge in [0, 0.05) is 6.54 Å². The Morgan fingerprint density at radius 1 is 1.05 bits per heavy atom. The second-order valence-corrected chi connectivity index (χ2v) is 5.87. The monoisotopic (exact) mass is 349 g/mol. The van der Waals surface area contributed by atoms with Crippen LogP contribution in [-0.2, 0) is 13.2 Å². The van der Waals surface area contributed by atoms with Crippen LogP contribution in [0.5, 0.6) is 11.5 Å². The maximum absolute atomic E-state index is 5.93. The minimum absolute atomic E-state index is 0.465. The molecule has 4 heteroatoms. The lowest BCUT2D eigenvalue weighted by atomic mass is 10.1. The third-order valence-electron chi connectivity index (χ3n) is 3.48. The molecular formula is C17H20BrNO2. The van der Waals surface area contributed by atoms with Crippen LogP contribution in [0.1, 0.15) is 22.3 Å². The molecule has 0 bridgehead atoms. The molecule has 112 valence electrons. The third-order valence-corrected chi connectivity index (χ3v) is 4.07. The van der Waals surface area contributed by atoms with Gasteiger partial charge in [-0.3, -0.25) is 0 Å². The van der Waals surface area contributed by atoms with Crippen molar-refractivity contribution >= 4 is 15.9 Å². The van der Waals surface area contributed by atoms with Crippen LogP contribution >= 0.6 is 15.9 Å². The molecule has 0 aliphatic heterocycles. The molecule has 0 saturated heterocycles. The van der Waals surface area contributed by atoms with E-state index < -0.39 is 0 Å². The Hall–Kier alpha value is -1.52. The average Bonchev–Trinajstić information content (AvgIpc) is 2.48. The maximum Gasteiger partial charge on any atom is 0.175 e. The summed E-state index contributed by atoms with van der Waals surface area (Å²) in [7, 11) is 1.63. The minimum atomic E-state index is 0.465. The largest absolute Gasteiger partial charge is 0.493 e. The van der Waals surface area contributed by atoms with Crippen molar-refractivity contribution in [2.45, 2.75) is 27.0 Å². The van der Waals surface area contributed by atoms with Crippen molar-refractivity contribution in [3.8, 4) is 11.5 Å². The van der Waals surface area contributed by atoms with Crippen molar-refractivity contribution in [1.82, 2.24) is 0 Å². The van der Waals surface area contributed by atoms with E-state index in [4.69, 9.17) is 15.2 Å². The molecule has 0 heterocycles. The fourth-order valence-electron chi connectivity index (χ4n) is 2.08. The van der Waals surface area contributed by atoms with Gasteiger partial charge in [0.15, 0.2) is 11.5 Å². The van der Waals surface area contributed by atoms with E-state index in [-0.39, 0.29) is 0 Å². The Morgan fingerprint density at radius 2 is 1.81 bits per heavy atom. The first-order valence-corrected chi connectivity index (χ1v) is 7.60. The molecule has 0 radical (unpaired) electrons. The van der Waals surface area contributed by atoms with E-state index in [0.717, 1.165) is 15.6 Å². The highest BCUT2D eigenvalue weighted by atomic mass is 79.9. The van der Waals surface area contributed by atoms with Gasteiger partial charge >= 0.3 is 0 Å². The van der Waals surface area contributed by atoms with Crippen LogP contribution in [0, 0.1) is 13.8 Å². The normalized spacial score (nSPS) is 10.5. The van der Waals surface area contributed by atoms with Crippen LogP contribution in [0.4, 0.5) is 0 Å². The van der Waals surface area contributed by atoms with Crippen LogP contribution in [-0.4, -0.2) is 7.11 Å². The minimum Gasteiger partial charge on any atom is -0.493 e. The Balaban J connectivity index is 2.21. The molecule has 0 aromatic heterocycles. The Bertz CT molecular complexity index is 641. The predicted octanol–water partition coefficient (Wildman–Crippen LogP) is 4.11. The van der Waals surface area contributed by atoms with Gasteiger partial charge in [-0.05, 0) is 64.2 Å². The Labute approximate surface area is 134 Å². The Kier molecular flexibility index (Phi) is 5.26. The number of aryl methyl sites for hydroxylation is 2. The lowest BCUT2D eigenvalue weighted by Gasteiger charge is -2.14. The lowest BCUT2D eigenvalue weighted by molar-refractivity contribution is 0.282. The zero-order valence-electron chi connectivity index (χ0n) is 12.6. The van der Waals surface area contributed by atoms with Crippen molar-refractivity contribution in [2.75, 3.05) is 7.11 Å². The van der Waals surface area contributed by atoms with Gasteiger partial charge in [0.25, 0.3) is 0 Å². The zero-order chi connectivity index (χ0) is 15.4. The molecule has 0 amide bonds. The van der Waals surface area contributed by atoms with Crippen molar-refractivity contribution in [2.24, 2.45) is 5.73 Å². The van der Waals surface area contributed by atoms with Crippen LogP contribution in [0.2, 0.25) is 0 Å². The highest BCUT2D eigenvalue weighted by molar-refractivity contribution is 9.10. The van der Waals surface area contributed by atoms with E-state index in [1.165, 1.54) is 11.1 Å². The van der Waals surface area contributed by atoms with Gasteiger partial charge in [-0.2, -0.15) is 0 Å². The van der Waals surface area contributed by atoms with Gasteiger partial charge in [-0.15, -0.1) is 0 Å². The third kappa shape index (κ3) is 3.77. The van der Waals surface area contributed by atoms with Crippen molar-refractivity contribution < 1.29 is 9.47 Å². The van der Waals surface area contributed by atoms with Gasteiger partial charge in [0.05, 0.1) is 11.6 Å². The van der Waals surface area contributed by atoms with E-state index in [0.29, 0.717) is 24.7 Å². The first kappa shape index (κ1) is 15.9.